The Balaban J connectivity index is 2.19. The maximum absolute atomic E-state index is 11.2. The number of rotatable bonds is 6. The first-order chi connectivity index (χ1) is 8.63. The van der Waals surface area contributed by atoms with Crippen LogP contribution in [0, 0.1) is 0 Å². The van der Waals surface area contributed by atoms with E-state index in [0.29, 0.717) is 18.2 Å². The van der Waals surface area contributed by atoms with Crippen molar-refractivity contribution >= 4 is 5.97 Å². The first-order valence-electron chi connectivity index (χ1n) is 6.42. The van der Waals surface area contributed by atoms with Gasteiger partial charge in [0.05, 0.1) is 20.3 Å². The summed E-state index contributed by atoms with van der Waals surface area (Å²) >= 11 is 0. The number of hydrogen-bond donors (Lipinski definition) is 1. The molecule has 1 rings (SSSR count). The molecular formula is C13H24N2O3. The van der Waals surface area contributed by atoms with E-state index in [1.165, 1.54) is 7.11 Å². The quantitative estimate of drug-likeness (QED) is 0.551. The lowest BCUT2D eigenvalue weighted by atomic mass is 10.2. The number of carbonyl (C=O) groups excluding carboxylic acids is 1. The van der Waals surface area contributed by atoms with Crippen molar-refractivity contribution in [2.24, 2.45) is 0 Å². The molecular weight excluding hydrogens is 232 g/mol. The molecule has 1 N–H and O–H groups in total. The van der Waals surface area contributed by atoms with Crippen LogP contribution < -0.4 is 5.32 Å². The van der Waals surface area contributed by atoms with Crippen LogP contribution in [0.15, 0.2) is 11.6 Å². The fourth-order valence-electron chi connectivity index (χ4n) is 1.89. The molecule has 1 heterocycles. The van der Waals surface area contributed by atoms with E-state index in [0.717, 1.165) is 32.8 Å². The Labute approximate surface area is 109 Å². The standard InChI is InChI=1S/C13H24N2O3/c1-11(13(16)17-3)4-5-14-12(2)10-15-6-8-18-9-7-15/h4,12,14H,5-10H2,1-3H3. The molecule has 5 heteroatoms. The lowest BCUT2D eigenvalue weighted by Crippen LogP contribution is -2.44. The molecule has 0 bridgehead atoms. The van der Waals surface area contributed by atoms with Gasteiger partial charge in [0.1, 0.15) is 0 Å². The second kappa shape index (κ2) is 8.24. The largest absolute Gasteiger partial charge is 0.466 e. The summed E-state index contributed by atoms with van der Waals surface area (Å²) in [5.41, 5.74) is 0.642. The Morgan fingerprint density at radius 1 is 1.50 bits per heavy atom. The number of carbonyl (C=O) groups is 1. The smallest absolute Gasteiger partial charge is 0.333 e. The highest BCUT2D eigenvalue weighted by Gasteiger charge is 2.12. The zero-order valence-corrected chi connectivity index (χ0v) is 11.6. The van der Waals surface area contributed by atoms with Crippen LogP contribution in [0.3, 0.4) is 0 Å². The van der Waals surface area contributed by atoms with Gasteiger partial charge in [0.15, 0.2) is 0 Å². The van der Waals surface area contributed by atoms with E-state index in [2.05, 4.69) is 21.9 Å². The highest BCUT2D eigenvalue weighted by Crippen LogP contribution is 1.99. The van der Waals surface area contributed by atoms with Gasteiger partial charge in [-0.25, -0.2) is 4.79 Å². The molecule has 0 radical (unpaired) electrons. The van der Waals surface area contributed by atoms with Gasteiger partial charge in [-0.3, -0.25) is 4.90 Å². The lowest BCUT2D eigenvalue weighted by molar-refractivity contribution is -0.136. The molecule has 0 spiro atoms. The summed E-state index contributed by atoms with van der Waals surface area (Å²) in [5.74, 6) is -0.266. The van der Waals surface area contributed by atoms with Crippen LogP contribution in [0.5, 0.6) is 0 Å². The van der Waals surface area contributed by atoms with Crippen molar-refractivity contribution < 1.29 is 14.3 Å². The summed E-state index contributed by atoms with van der Waals surface area (Å²) in [6.07, 6.45) is 1.86. The first-order valence-corrected chi connectivity index (χ1v) is 6.42. The Morgan fingerprint density at radius 2 is 2.17 bits per heavy atom. The topological polar surface area (TPSA) is 50.8 Å². The van der Waals surface area contributed by atoms with Crippen molar-refractivity contribution in [3.63, 3.8) is 0 Å². The van der Waals surface area contributed by atoms with E-state index in [1.807, 2.05) is 6.08 Å². The summed E-state index contributed by atoms with van der Waals surface area (Å²) in [5, 5.41) is 3.37. The van der Waals surface area contributed by atoms with Gasteiger partial charge in [-0.05, 0) is 13.8 Å². The van der Waals surface area contributed by atoms with Crippen LogP contribution in [-0.2, 0) is 14.3 Å². The minimum atomic E-state index is -0.266. The Morgan fingerprint density at radius 3 is 2.78 bits per heavy atom. The third-order valence-electron chi connectivity index (χ3n) is 3.02. The van der Waals surface area contributed by atoms with Crippen molar-refractivity contribution in [3.05, 3.63) is 11.6 Å². The molecule has 1 aliphatic rings. The van der Waals surface area contributed by atoms with E-state index in [4.69, 9.17) is 4.74 Å². The number of nitrogens with one attached hydrogen (secondary N) is 1. The first kappa shape index (κ1) is 15.1. The molecule has 1 fully saturated rings. The summed E-state index contributed by atoms with van der Waals surface area (Å²) in [6.45, 7) is 9.27. The summed E-state index contributed by atoms with van der Waals surface area (Å²) < 4.78 is 9.94. The van der Waals surface area contributed by atoms with Crippen LogP contribution in [-0.4, -0.2) is 63.4 Å². The van der Waals surface area contributed by atoms with Gasteiger partial charge in [0.25, 0.3) is 0 Å². The molecule has 0 aromatic heterocycles. The second-order valence-electron chi connectivity index (χ2n) is 4.60. The molecule has 0 amide bonds. The van der Waals surface area contributed by atoms with Gasteiger partial charge >= 0.3 is 5.97 Å². The monoisotopic (exact) mass is 256 g/mol. The molecule has 0 aromatic rings. The Hall–Kier alpha value is -0.910. The van der Waals surface area contributed by atoms with Crippen molar-refractivity contribution in [3.8, 4) is 0 Å². The third-order valence-corrected chi connectivity index (χ3v) is 3.02. The van der Waals surface area contributed by atoms with Gasteiger partial charge in [-0.15, -0.1) is 0 Å². The van der Waals surface area contributed by atoms with Crippen molar-refractivity contribution in [1.29, 1.82) is 0 Å². The van der Waals surface area contributed by atoms with Crippen LogP contribution in [0.2, 0.25) is 0 Å². The van der Waals surface area contributed by atoms with E-state index in [1.54, 1.807) is 6.92 Å². The number of nitrogens with zero attached hydrogens (tertiary/aromatic N) is 1. The molecule has 18 heavy (non-hydrogen) atoms. The van der Waals surface area contributed by atoms with Crippen molar-refractivity contribution in [2.45, 2.75) is 19.9 Å². The van der Waals surface area contributed by atoms with E-state index < -0.39 is 0 Å². The molecule has 5 nitrogen and oxygen atoms in total. The molecule has 1 saturated heterocycles. The minimum absolute atomic E-state index is 0.266. The molecule has 104 valence electrons. The van der Waals surface area contributed by atoms with E-state index >= 15 is 0 Å². The molecule has 1 aliphatic heterocycles. The molecule has 1 atom stereocenters. The lowest BCUT2D eigenvalue weighted by Gasteiger charge is -2.29. The summed E-state index contributed by atoms with van der Waals surface area (Å²) in [6, 6.07) is 0.393. The van der Waals surface area contributed by atoms with Crippen molar-refractivity contribution in [1.82, 2.24) is 10.2 Å². The number of morpholine rings is 1. The number of hydrogen-bond acceptors (Lipinski definition) is 5. The van der Waals surface area contributed by atoms with Gasteiger partial charge < -0.3 is 14.8 Å². The van der Waals surface area contributed by atoms with E-state index in [9.17, 15) is 4.79 Å². The van der Waals surface area contributed by atoms with Crippen LogP contribution in [0.1, 0.15) is 13.8 Å². The maximum Gasteiger partial charge on any atom is 0.333 e. The summed E-state index contributed by atoms with van der Waals surface area (Å²) in [7, 11) is 1.40. The highest BCUT2D eigenvalue weighted by atomic mass is 16.5. The molecule has 0 aliphatic carbocycles. The Bertz CT molecular complexity index is 286. The predicted octanol–water partition coefficient (Wildman–Crippen LogP) is 0.416. The fourth-order valence-corrected chi connectivity index (χ4v) is 1.89. The minimum Gasteiger partial charge on any atom is -0.466 e. The molecule has 0 saturated carbocycles. The molecule has 0 aromatic carbocycles. The predicted molar refractivity (Wildman–Crippen MR) is 70.5 cm³/mol. The number of methoxy groups -OCH3 is 1. The zero-order valence-electron chi connectivity index (χ0n) is 11.6. The van der Waals surface area contributed by atoms with Crippen LogP contribution in [0.4, 0.5) is 0 Å². The average molecular weight is 256 g/mol. The SMILES string of the molecule is COC(=O)C(C)=CCNC(C)CN1CCOCC1. The second-order valence-corrected chi connectivity index (χ2v) is 4.60. The van der Waals surface area contributed by atoms with Crippen LogP contribution >= 0.6 is 0 Å². The Kier molecular flexibility index (Phi) is 6.93. The molecule has 1 unspecified atom stereocenters. The van der Waals surface area contributed by atoms with Gasteiger partial charge in [0, 0.05) is 37.8 Å². The zero-order chi connectivity index (χ0) is 13.4. The fraction of sp³-hybridized carbons (Fsp3) is 0.769. The normalized spacial score (nSPS) is 19.6. The number of esters is 1. The van der Waals surface area contributed by atoms with E-state index in [-0.39, 0.29) is 5.97 Å². The van der Waals surface area contributed by atoms with Crippen LogP contribution in [0.25, 0.3) is 0 Å². The maximum atomic E-state index is 11.2. The highest BCUT2D eigenvalue weighted by molar-refractivity contribution is 5.87. The van der Waals surface area contributed by atoms with Gasteiger partial charge in [-0.1, -0.05) is 6.08 Å². The summed E-state index contributed by atoms with van der Waals surface area (Å²) in [4.78, 5) is 13.6. The van der Waals surface area contributed by atoms with Crippen molar-refractivity contribution in [2.75, 3.05) is 46.5 Å². The van der Waals surface area contributed by atoms with Gasteiger partial charge in [0.2, 0.25) is 0 Å². The number of ether oxygens (including phenoxy) is 2. The van der Waals surface area contributed by atoms with Gasteiger partial charge in [-0.2, -0.15) is 0 Å². The average Bonchev–Trinajstić information content (AvgIpc) is 2.38. The third kappa shape index (κ3) is 5.62.